The van der Waals surface area contributed by atoms with Crippen LogP contribution in [0.2, 0.25) is 5.02 Å². The molecule has 2 rings (SSSR count). The second kappa shape index (κ2) is 7.61. The van der Waals surface area contributed by atoms with E-state index in [4.69, 9.17) is 16.7 Å². The van der Waals surface area contributed by atoms with E-state index in [0.29, 0.717) is 17.9 Å². The van der Waals surface area contributed by atoms with Crippen LogP contribution in [0.4, 0.5) is 5.69 Å². The summed E-state index contributed by atoms with van der Waals surface area (Å²) in [6.45, 7) is 0. The Morgan fingerprint density at radius 1 is 1.09 bits per heavy atom. The Bertz CT molecular complexity index is 671. The molecule has 114 valence electrons. The van der Waals surface area contributed by atoms with Crippen molar-refractivity contribution in [3.05, 3.63) is 64.7 Å². The van der Waals surface area contributed by atoms with E-state index in [-0.39, 0.29) is 17.2 Å². The van der Waals surface area contributed by atoms with Crippen LogP contribution in [-0.2, 0) is 11.2 Å². The minimum absolute atomic E-state index is 0.0103. The number of carbonyl (C=O) groups is 2. The van der Waals surface area contributed by atoms with Gasteiger partial charge in [-0.05, 0) is 36.6 Å². The molecule has 2 N–H and O–H groups in total. The lowest BCUT2D eigenvalue weighted by atomic mass is 10.1. The fourth-order valence-corrected chi connectivity index (χ4v) is 2.28. The molecular weight excluding hydrogens is 302 g/mol. The molecule has 0 saturated carbocycles. The molecule has 2 aromatic rings. The standard InChI is InChI=1S/C17H16ClNO3/c18-13-9-10-15(14(11-13)17(21)22)19-16(20)8-4-7-12-5-2-1-3-6-12/h1-3,5-6,9-11H,4,7-8H2,(H,19,20)(H,21,22). The normalized spacial score (nSPS) is 10.2. The van der Waals surface area contributed by atoms with Crippen LogP contribution in [0.25, 0.3) is 0 Å². The largest absolute Gasteiger partial charge is 0.478 e. The quantitative estimate of drug-likeness (QED) is 0.846. The Morgan fingerprint density at radius 2 is 1.82 bits per heavy atom. The van der Waals surface area contributed by atoms with Crippen molar-refractivity contribution in [2.24, 2.45) is 0 Å². The molecule has 0 atom stereocenters. The van der Waals surface area contributed by atoms with Crippen LogP contribution >= 0.6 is 11.6 Å². The maximum atomic E-state index is 11.9. The third-order valence-corrected chi connectivity index (χ3v) is 3.43. The van der Waals surface area contributed by atoms with Crippen molar-refractivity contribution < 1.29 is 14.7 Å². The van der Waals surface area contributed by atoms with Gasteiger partial charge in [-0.25, -0.2) is 4.79 Å². The van der Waals surface area contributed by atoms with E-state index in [1.54, 1.807) is 6.07 Å². The molecule has 0 aliphatic heterocycles. The molecule has 5 heteroatoms. The van der Waals surface area contributed by atoms with Gasteiger partial charge >= 0.3 is 5.97 Å². The van der Waals surface area contributed by atoms with E-state index in [0.717, 1.165) is 6.42 Å². The predicted molar refractivity (Wildman–Crippen MR) is 86.4 cm³/mol. The SMILES string of the molecule is O=C(CCCc1ccccc1)Nc1ccc(Cl)cc1C(=O)O. The Hall–Kier alpha value is -2.33. The summed E-state index contributed by atoms with van der Waals surface area (Å²) in [5.74, 6) is -1.33. The van der Waals surface area contributed by atoms with Crippen molar-refractivity contribution in [3.8, 4) is 0 Å². The van der Waals surface area contributed by atoms with Gasteiger partial charge in [0.2, 0.25) is 5.91 Å². The van der Waals surface area contributed by atoms with E-state index in [9.17, 15) is 9.59 Å². The van der Waals surface area contributed by atoms with Crippen LogP contribution < -0.4 is 5.32 Å². The maximum Gasteiger partial charge on any atom is 0.337 e. The second-order valence-corrected chi connectivity index (χ2v) is 5.32. The van der Waals surface area contributed by atoms with Gasteiger partial charge in [-0.2, -0.15) is 0 Å². The van der Waals surface area contributed by atoms with Gasteiger partial charge in [0.25, 0.3) is 0 Å². The molecule has 0 aliphatic rings. The molecule has 0 radical (unpaired) electrons. The minimum atomic E-state index is -1.12. The zero-order valence-electron chi connectivity index (χ0n) is 11.9. The first-order valence-corrected chi connectivity index (χ1v) is 7.30. The van der Waals surface area contributed by atoms with Crippen LogP contribution in [0.3, 0.4) is 0 Å². The maximum absolute atomic E-state index is 11.9. The Balaban J connectivity index is 1.91. The molecule has 0 bridgehead atoms. The van der Waals surface area contributed by atoms with Crippen molar-refractivity contribution in [2.45, 2.75) is 19.3 Å². The number of halogens is 1. The number of amides is 1. The summed E-state index contributed by atoms with van der Waals surface area (Å²) in [5.41, 5.74) is 1.43. The minimum Gasteiger partial charge on any atom is -0.478 e. The van der Waals surface area contributed by atoms with Crippen LogP contribution in [0.1, 0.15) is 28.8 Å². The van der Waals surface area contributed by atoms with E-state index in [1.807, 2.05) is 30.3 Å². The zero-order chi connectivity index (χ0) is 15.9. The number of benzene rings is 2. The summed E-state index contributed by atoms with van der Waals surface area (Å²) in [5, 5.41) is 12.1. The zero-order valence-corrected chi connectivity index (χ0v) is 12.6. The molecule has 0 aliphatic carbocycles. The van der Waals surface area contributed by atoms with Gasteiger partial charge in [0.1, 0.15) is 0 Å². The highest BCUT2D eigenvalue weighted by atomic mass is 35.5. The topological polar surface area (TPSA) is 66.4 Å². The van der Waals surface area contributed by atoms with Crippen LogP contribution in [0, 0.1) is 0 Å². The highest BCUT2D eigenvalue weighted by Gasteiger charge is 2.13. The first-order valence-electron chi connectivity index (χ1n) is 6.93. The van der Waals surface area contributed by atoms with E-state index in [2.05, 4.69) is 5.32 Å². The second-order valence-electron chi connectivity index (χ2n) is 4.88. The molecule has 0 fully saturated rings. The fourth-order valence-electron chi connectivity index (χ4n) is 2.11. The fraction of sp³-hybridized carbons (Fsp3) is 0.176. The summed E-state index contributed by atoms with van der Waals surface area (Å²) in [6.07, 6.45) is 1.84. The number of rotatable bonds is 6. The van der Waals surface area contributed by atoms with Gasteiger partial charge in [-0.3, -0.25) is 4.79 Å². The van der Waals surface area contributed by atoms with Crippen molar-refractivity contribution >= 4 is 29.2 Å². The number of carboxylic acid groups (broad SMARTS) is 1. The lowest BCUT2D eigenvalue weighted by molar-refractivity contribution is -0.116. The Labute approximate surface area is 133 Å². The van der Waals surface area contributed by atoms with Crippen molar-refractivity contribution in [1.82, 2.24) is 0 Å². The first-order chi connectivity index (χ1) is 10.6. The summed E-state index contributed by atoms with van der Waals surface area (Å²) < 4.78 is 0. The lowest BCUT2D eigenvalue weighted by Crippen LogP contribution is -2.14. The van der Waals surface area contributed by atoms with Gasteiger partial charge < -0.3 is 10.4 Å². The third kappa shape index (κ3) is 4.60. The highest BCUT2D eigenvalue weighted by molar-refractivity contribution is 6.31. The predicted octanol–water partition coefficient (Wildman–Crippen LogP) is 4.00. The van der Waals surface area contributed by atoms with Gasteiger partial charge in [-0.15, -0.1) is 0 Å². The lowest BCUT2D eigenvalue weighted by Gasteiger charge is -2.09. The number of aromatic carboxylic acids is 1. The number of hydrogen-bond donors (Lipinski definition) is 2. The molecule has 22 heavy (non-hydrogen) atoms. The van der Waals surface area contributed by atoms with E-state index < -0.39 is 5.97 Å². The third-order valence-electron chi connectivity index (χ3n) is 3.20. The number of carboxylic acids is 1. The molecule has 0 aromatic heterocycles. The molecule has 0 unspecified atom stereocenters. The summed E-state index contributed by atoms with van der Waals surface area (Å²) in [6, 6.07) is 14.3. The molecule has 0 saturated heterocycles. The highest BCUT2D eigenvalue weighted by Crippen LogP contribution is 2.21. The number of anilines is 1. The Kier molecular flexibility index (Phi) is 5.55. The average Bonchev–Trinajstić information content (AvgIpc) is 2.50. The molecule has 0 heterocycles. The number of carbonyl (C=O) groups excluding carboxylic acids is 1. The summed E-state index contributed by atoms with van der Waals surface area (Å²) >= 11 is 5.77. The monoisotopic (exact) mass is 317 g/mol. The smallest absolute Gasteiger partial charge is 0.337 e. The number of nitrogens with one attached hydrogen (secondary N) is 1. The molecule has 2 aromatic carbocycles. The Morgan fingerprint density at radius 3 is 2.50 bits per heavy atom. The van der Waals surface area contributed by atoms with Crippen LogP contribution in [-0.4, -0.2) is 17.0 Å². The van der Waals surface area contributed by atoms with Gasteiger partial charge in [0.05, 0.1) is 11.3 Å². The van der Waals surface area contributed by atoms with E-state index in [1.165, 1.54) is 17.7 Å². The summed E-state index contributed by atoms with van der Waals surface area (Å²) in [4.78, 5) is 23.1. The van der Waals surface area contributed by atoms with Crippen molar-refractivity contribution in [1.29, 1.82) is 0 Å². The van der Waals surface area contributed by atoms with Crippen LogP contribution in [0.5, 0.6) is 0 Å². The average molecular weight is 318 g/mol. The first kappa shape index (κ1) is 16.0. The number of aryl methyl sites for hydroxylation is 1. The molecule has 1 amide bonds. The van der Waals surface area contributed by atoms with Gasteiger partial charge in [0.15, 0.2) is 0 Å². The summed E-state index contributed by atoms with van der Waals surface area (Å²) in [7, 11) is 0. The van der Waals surface area contributed by atoms with Gasteiger partial charge in [-0.1, -0.05) is 41.9 Å². The molecular formula is C17H16ClNO3. The van der Waals surface area contributed by atoms with Gasteiger partial charge in [0, 0.05) is 11.4 Å². The van der Waals surface area contributed by atoms with Crippen molar-refractivity contribution in [3.63, 3.8) is 0 Å². The van der Waals surface area contributed by atoms with E-state index >= 15 is 0 Å². The molecule has 0 spiro atoms. The van der Waals surface area contributed by atoms with Crippen molar-refractivity contribution in [2.75, 3.05) is 5.32 Å². The van der Waals surface area contributed by atoms with Crippen LogP contribution in [0.15, 0.2) is 48.5 Å². The molecule has 4 nitrogen and oxygen atoms in total. The number of hydrogen-bond acceptors (Lipinski definition) is 2.